The minimum atomic E-state index is -0.551. The minimum absolute atomic E-state index is 0.256. The molecule has 1 unspecified atom stereocenters. The van der Waals surface area contributed by atoms with Crippen molar-refractivity contribution in [3.63, 3.8) is 0 Å². The predicted molar refractivity (Wildman–Crippen MR) is 72.8 cm³/mol. The molecule has 1 aliphatic carbocycles. The predicted octanol–water partition coefficient (Wildman–Crippen LogP) is 3.72. The van der Waals surface area contributed by atoms with Gasteiger partial charge in [-0.25, -0.2) is 0 Å². The Labute approximate surface area is 112 Å². The molecule has 1 aromatic rings. The van der Waals surface area contributed by atoms with E-state index in [0.29, 0.717) is 6.42 Å². The lowest BCUT2D eigenvalue weighted by Gasteiger charge is -2.41. The summed E-state index contributed by atoms with van der Waals surface area (Å²) in [5.41, 5.74) is 0.816. The highest BCUT2D eigenvalue weighted by Crippen LogP contribution is 2.42. The van der Waals surface area contributed by atoms with Gasteiger partial charge in [0.15, 0.2) is 0 Å². The first-order valence-electron chi connectivity index (χ1n) is 6.21. The molecule has 94 valence electrons. The molecule has 1 saturated carbocycles. The van der Waals surface area contributed by atoms with Crippen LogP contribution < -0.4 is 0 Å². The SMILES string of the molecule is CC1(C)CCCC(O)(Cc2cncc(Br)c2)C1. The maximum atomic E-state index is 10.7. The molecule has 0 aliphatic heterocycles. The quantitative estimate of drug-likeness (QED) is 0.902. The topological polar surface area (TPSA) is 33.1 Å². The highest BCUT2D eigenvalue weighted by atomic mass is 79.9. The number of aliphatic hydroxyl groups is 1. The molecule has 1 aliphatic rings. The number of pyridine rings is 1. The summed E-state index contributed by atoms with van der Waals surface area (Å²) in [6, 6.07) is 2.05. The van der Waals surface area contributed by atoms with Crippen LogP contribution in [0.5, 0.6) is 0 Å². The number of halogens is 1. The molecule has 0 amide bonds. The van der Waals surface area contributed by atoms with Gasteiger partial charge in [0, 0.05) is 23.3 Å². The fourth-order valence-electron chi connectivity index (χ4n) is 3.05. The van der Waals surface area contributed by atoms with Crippen LogP contribution in [0.1, 0.15) is 45.1 Å². The van der Waals surface area contributed by atoms with Crippen molar-refractivity contribution in [2.75, 3.05) is 0 Å². The second-order valence-corrected chi connectivity index (χ2v) is 7.02. The highest BCUT2D eigenvalue weighted by molar-refractivity contribution is 9.10. The molecule has 0 saturated heterocycles. The van der Waals surface area contributed by atoms with Crippen molar-refractivity contribution in [3.05, 3.63) is 28.5 Å². The zero-order valence-corrected chi connectivity index (χ0v) is 12.1. The Bertz CT molecular complexity index is 405. The van der Waals surface area contributed by atoms with Gasteiger partial charge in [0.1, 0.15) is 0 Å². The van der Waals surface area contributed by atoms with Crippen molar-refractivity contribution in [2.24, 2.45) is 5.41 Å². The Kier molecular flexibility index (Phi) is 3.60. The molecule has 1 fully saturated rings. The van der Waals surface area contributed by atoms with Gasteiger partial charge in [-0.05, 0) is 52.2 Å². The van der Waals surface area contributed by atoms with E-state index in [4.69, 9.17) is 0 Å². The molecular formula is C14H20BrNO. The first-order valence-corrected chi connectivity index (χ1v) is 7.00. The van der Waals surface area contributed by atoms with E-state index in [0.717, 1.165) is 29.3 Å². The number of rotatable bonds is 2. The van der Waals surface area contributed by atoms with Crippen LogP contribution in [0.15, 0.2) is 22.9 Å². The lowest BCUT2D eigenvalue weighted by Crippen LogP contribution is -2.40. The Hall–Kier alpha value is -0.410. The van der Waals surface area contributed by atoms with Crippen molar-refractivity contribution in [3.8, 4) is 0 Å². The molecule has 0 bridgehead atoms. The van der Waals surface area contributed by atoms with E-state index in [1.54, 1.807) is 6.20 Å². The summed E-state index contributed by atoms with van der Waals surface area (Å²) in [5.74, 6) is 0. The van der Waals surface area contributed by atoms with E-state index >= 15 is 0 Å². The Balaban J connectivity index is 2.12. The first kappa shape index (κ1) is 13.0. The summed E-state index contributed by atoms with van der Waals surface area (Å²) >= 11 is 3.42. The maximum Gasteiger partial charge on any atom is 0.0693 e. The molecule has 1 atom stereocenters. The fraction of sp³-hybridized carbons (Fsp3) is 0.643. The van der Waals surface area contributed by atoms with Gasteiger partial charge in [-0.1, -0.05) is 20.3 Å². The molecule has 3 heteroatoms. The van der Waals surface area contributed by atoms with Gasteiger partial charge in [-0.2, -0.15) is 0 Å². The van der Waals surface area contributed by atoms with E-state index in [-0.39, 0.29) is 5.41 Å². The summed E-state index contributed by atoms with van der Waals surface area (Å²) in [7, 11) is 0. The van der Waals surface area contributed by atoms with Crippen LogP contribution in [0, 0.1) is 5.41 Å². The number of hydrogen-bond donors (Lipinski definition) is 1. The average molecular weight is 298 g/mol. The van der Waals surface area contributed by atoms with Crippen molar-refractivity contribution in [2.45, 2.75) is 51.6 Å². The summed E-state index contributed by atoms with van der Waals surface area (Å²) in [5, 5.41) is 10.7. The molecule has 17 heavy (non-hydrogen) atoms. The first-order chi connectivity index (χ1) is 7.89. The summed E-state index contributed by atoms with van der Waals surface area (Å²) in [6.45, 7) is 4.49. The van der Waals surface area contributed by atoms with Crippen molar-refractivity contribution in [1.29, 1.82) is 0 Å². The molecule has 1 heterocycles. The molecule has 0 radical (unpaired) electrons. The number of hydrogen-bond acceptors (Lipinski definition) is 2. The lowest BCUT2D eigenvalue weighted by atomic mass is 9.68. The monoisotopic (exact) mass is 297 g/mol. The smallest absolute Gasteiger partial charge is 0.0693 e. The zero-order valence-electron chi connectivity index (χ0n) is 10.5. The third-order valence-corrected chi connectivity index (χ3v) is 4.03. The van der Waals surface area contributed by atoms with Crippen LogP contribution in [0.25, 0.3) is 0 Å². The van der Waals surface area contributed by atoms with Crippen molar-refractivity contribution < 1.29 is 5.11 Å². The highest BCUT2D eigenvalue weighted by Gasteiger charge is 2.38. The van der Waals surface area contributed by atoms with Crippen molar-refractivity contribution in [1.82, 2.24) is 4.98 Å². The molecule has 2 rings (SSSR count). The van der Waals surface area contributed by atoms with Crippen LogP contribution in [-0.2, 0) is 6.42 Å². The molecule has 1 aromatic heterocycles. The number of nitrogens with zero attached hydrogens (tertiary/aromatic N) is 1. The Morgan fingerprint density at radius 2 is 2.12 bits per heavy atom. The van der Waals surface area contributed by atoms with Crippen LogP contribution in [0.4, 0.5) is 0 Å². The second kappa shape index (κ2) is 4.69. The van der Waals surface area contributed by atoms with E-state index in [1.807, 2.05) is 12.3 Å². The van der Waals surface area contributed by atoms with Gasteiger partial charge >= 0.3 is 0 Å². The number of aromatic nitrogens is 1. The van der Waals surface area contributed by atoms with Gasteiger partial charge in [0.2, 0.25) is 0 Å². The van der Waals surface area contributed by atoms with Crippen LogP contribution >= 0.6 is 15.9 Å². The van der Waals surface area contributed by atoms with E-state index < -0.39 is 5.60 Å². The largest absolute Gasteiger partial charge is 0.390 e. The van der Waals surface area contributed by atoms with Crippen molar-refractivity contribution >= 4 is 15.9 Å². The van der Waals surface area contributed by atoms with Gasteiger partial charge in [-0.15, -0.1) is 0 Å². The van der Waals surface area contributed by atoms with Gasteiger partial charge in [0.05, 0.1) is 5.60 Å². The summed E-state index contributed by atoms with van der Waals surface area (Å²) in [4.78, 5) is 4.16. The minimum Gasteiger partial charge on any atom is -0.390 e. The van der Waals surface area contributed by atoms with E-state index in [2.05, 4.69) is 34.8 Å². The van der Waals surface area contributed by atoms with Crippen LogP contribution in [0.2, 0.25) is 0 Å². The molecule has 2 nitrogen and oxygen atoms in total. The maximum absolute atomic E-state index is 10.7. The average Bonchev–Trinajstić information content (AvgIpc) is 2.14. The van der Waals surface area contributed by atoms with E-state index in [1.165, 1.54) is 6.42 Å². The van der Waals surface area contributed by atoms with Gasteiger partial charge in [-0.3, -0.25) is 4.98 Å². The van der Waals surface area contributed by atoms with E-state index in [9.17, 15) is 5.11 Å². The summed E-state index contributed by atoms with van der Waals surface area (Å²) < 4.78 is 0.980. The Morgan fingerprint density at radius 3 is 2.76 bits per heavy atom. The second-order valence-electron chi connectivity index (χ2n) is 6.11. The van der Waals surface area contributed by atoms with Crippen LogP contribution in [-0.4, -0.2) is 15.7 Å². The molecule has 0 aromatic carbocycles. The summed E-state index contributed by atoms with van der Waals surface area (Å²) in [6.07, 6.45) is 8.46. The standard InChI is InChI=1S/C14H20BrNO/c1-13(2)4-3-5-14(17,10-13)7-11-6-12(15)9-16-8-11/h6,8-9,17H,3-5,7,10H2,1-2H3. The van der Waals surface area contributed by atoms with Gasteiger partial charge < -0.3 is 5.11 Å². The van der Waals surface area contributed by atoms with Crippen LogP contribution in [0.3, 0.4) is 0 Å². The molecular weight excluding hydrogens is 278 g/mol. The molecule has 0 spiro atoms. The third-order valence-electron chi connectivity index (χ3n) is 3.60. The fourth-order valence-corrected chi connectivity index (χ4v) is 3.46. The van der Waals surface area contributed by atoms with Gasteiger partial charge in [0.25, 0.3) is 0 Å². The lowest BCUT2D eigenvalue weighted by molar-refractivity contribution is -0.0382. The normalized spacial score (nSPS) is 28.0. The Morgan fingerprint density at radius 1 is 1.35 bits per heavy atom. The molecule has 1 N–H and O–H groups in total. The third kappa shape index (κ3) is 3.52. The zero-order chi connectivity index (χ0) is 12.5.